The Bertz CT molecular complexity index is 446. The molecule has 0 aliphatic carbocycles. The second kappa shape index (κ2) is 5.26. The molecule has 0 saturated carbocycles. The van der Waals surface area contributed by atoms with Crippen molar-refractivity contribution in [1.29, 1.82) is 0 Å². The van der Waals surface area contributed by atoms with Crippen molar-refractivity contribution in [2.24, 2.45) is 5.73 Å². The summed E-state index contributed by atoms with van der Waals surface area (Å²) >= 11 is 0. The Morgan fingerprint density at radius 2 is 2.11 bits per heavy atom. The van der Waals surface area contributed by atoms with Crippen molar-refractivity contribution in [1.82, 2.24) is 0 Å². The average Bonchev–Trinajstić information content (AvgIpc) is 2.28. The fraction of sp³-hybridized carbons (Fsp3) is 0.364. The number of hydrogen-bond acceptors (Lipinski definition) is 3. The lowest BCUT2D eigenvalue weighted by atomic mass is 9.93. The van der Waals surface area contributed by atoms with Gasteiger partial charge >= 0.3 is 12.1 Å². The van der Waals surface area contributed by atoms with E-state index in [0.29, 0.717) is 0 Å². The molecule has 0 radical (unpaired) electrons. The first kappa shape index (κ1) is 14.3. The second-order valence-corrected chi connectivity index (χ2v) is 3.55. The Morgan fingerprint density at radius 3 is 2.50 bits per heavy atom. The topological polar surface area (TPSA) is 72.5 Å². The quantitative estimate of drug-likeness (QED) is 0.869. The number of ether oxygens (including phenoxy) is 1. The van der Waals surface area contributed by atoms with Gasteiger partial charge in [0.15, 0.2) is 0 Å². The monoisotopic (exact) mass is 263 g/mol. The summed E-state index contributed by atoms with van der Waals surface area (Å²) in [5.41, 5.74) is 3.75. The van der Waals surface area contributed by atoms with Crippen LogP contribution in [0, 0.1) is 0 Å². The van der Waals surface area contributed by atoms with Crippen LogP contribution in [0.25, 0.3) is 0 Å². The Morgan fingerprint density at radius 1 is 1.50 bits per heavy atom. The van der Waals surface area contributed by atoms with E-state index in [0.717, 1.165) is 12.1 Å². The number of carboxylic acids is 1. The third-order valence-electron chi connectivity index (χ3n) is 2.47. The molecule has 7 heteroatoms. The van der Waals surface area contributed by atoms with Crippen LogP contribution in [0.4, 0.5) is 13.2 Å². The number of nitrogens with two attached hydrogens (primary N) is 1. The Kier molecular flexibility index (Phi) is 4.18. The van der Waals surface area contributed by atoms with Crippen LogP contribution in [0.2, 0.25) is 0 Å². The molecule has 18 heavy (non-hydrogen) atoms. The molecular formula is C11H12F3NO3. The van der Waals surface area contributed by atoms with Crippen LogP contribution in [0.1, 0.15) is 17.0 Å². The molecule has 1 aromatic carbocycles. The van der Waals surface area contributed by atoms with E-state index in [1.165, 1.54) is 13.2 Å². The first-order chi connectivity index (χ1) is 8.32. The lowest BCUT2D eigenvalue weighted by molar-refractivity contribution is -0.141. The first-order valence-corrected chi connectivity index (χ1v) is 4.99. The molecule has 1 atom stereocenters. The number of methoxy groups -OCH3 is 1. The largest absolute Gasteiger partial charge is 0.496 e. The van der Waals surface area contributed by atoms with Gasteiger partial charge in [-0.2, -0.15) is 13.2 Å². The molecule has 1 unspecified atom stereocenters. The third kappa shape index (κ3) is 2.73. The summed E-state index contributed by atoms with van der Waals surface area (Å²) in [6, 6.07) is 3.24. The molecule has 0 spiro atoms. The molecule has 0 bridgehead atoms. The molecule has 4 nitrogen and oxygen atoms in total. The van der Waals surface area contributed by atoms with Gasteiger partial charge in [0.05, 0.1) is 18.6 Å². The van der Waals surface area contributed by atoms with Gasteiger partial charge in [-0.3, -0.25) is 4.79 Å². The van der Waals surface area contributed by atoms with Crippen LogP contribution < -0.4 is 10.5 Å². The van der Waals surface area contributed by atoms with Crippen LogP contribution in [0.5, 0.6) is 5.75 Å². The van der Waals surface area contributed by atoms with Gasteiger partial charge in [-0.15, -0.1) is 0 Å². The van der Waals surface area contributed by atoms with E-state index in [4.69, 9.17) is 15.6 Å². The van der Waals surface area contributed by atoms with Crippen molar-refractivity contribution >= 4 is 5.97 Å². The summed E-state index contributed by atoms with van der Waals surface area (Å²) in [7, 11) is 1.18. The van der Waals surface area contributed by atoms with Crippen molar-refractivity contribution in [2.75, 3.05) is 13.7 Å². The minimum atomic E-state index is -4.66. The minimum absolute atomic E-state index is 0.136. The van der Waals surface area contributed by atoms with E-state index in [-0.39, 0.29) is 5.75 Å². The number of carboxylic acid groups (broad SMARTS) is 1. The number of halogens is 3. The molecule has 0 aliphatic heterocycles. The van der Waals surface area contributed by atoms with Crippen molar-refractivity contribution in [2.45, 2.75) is 12.1 Å². The number of aliphatic carboxylic acids is 1. The van der Waals surface area contributed by atoms with E-state index >= 15 is 0 Å². The maximum atomic E-state index is 12.8. The summed E-state index contributed by atoms with van der Waals surface area (Å²) in [4.78, 5) is 11.0. The van der Waals surface area contributed by atoms with Crippen LogP contribution in [0.3, 0.4) is 0 Å². The summed E-state index contributed by atoms with van der Waals surface area (Å²) in [6.45, 7) is -0.446. The SMILES string of the molecule is COc1cccc(C(F)(F)F)c1C(CN)C(=O)O. The van der Waals surface area contributed by atoms with Gasteiger partial charge < -0.3 is 15.6 Å². The molecule has 1 rings (SSSR count). The van der Waals surface area contributed by atoms with Crippen molar-refractivity contribution in [3.8, 4) is 5.75 Å². The number of carbonyl (C=O) groups is 1. The van der Waals surface area contributed by atoms with Crippen molar-refractivity contribution < 1.29 is 27.8 Å². The molecule has 0 aromatic heterocycles. The Balaban J connectivity index is 3.50. The van der Waals surface area contributed by atoms with E-state index < -0.39 is 35.7 Å². The molecule has 0 fully saturated rings. The van der Waals surface area contributed by atoms with Gasteiger partial charge in [0.1, 0.15) is 5.75 Å². The van der Waals surface area contributed by atoms with Gasteiger partial charge in [-0.25, -0.2) is 0 Å². The zero-order chi connectivity index (χ0) is 13.9. The molecular weight excluding hydrogens is 251 g/mol. The molecule has 0 saturated heterocycles. The molecule has 0 aliphatic rings. The number of alkyl halides is 3. The predicted octanol–water partition coefficient (Wildman–Crippen LogP) is 1.84. The highest BCUT2D eigenvalue weighted by Gasteiger charge is 2.38. The van der Waals surface area contributed by atoms with E-state index in [1.54, 1.807) is 0 Å². The highest BCUT2D eigenvalue weighted by Crippen LogP contribution is 2.39. The average molecular weight is 263 g/mol. The summed E-state index contributed by atoms with van der Waals surface area (Å²) < 4.78 is 43.3. The zero-order valence-electron chi connectivity index (χ0n) is 9.49. The summed E-state index contributed by atoms with van der Waals surface area (Å²) in [5, 5.41) is 8.93. The Hall–Kier alpha value is -1.76. The van der Waals surface area contributed by atoms with Crippen LogP contribution in [-0.4, -0.2) is 24.7 Å². The second-order valence-electron chi connectivity index (χ2n) is 3.55. The highest BCUT2D eigenvalue weighted by molar-refractivity contribution is 5.78. The van der Waals surface area contributed by atoms with Crippen molar-refractivity contribution in [3.05, 3.63) is 29.3 Å². The molecule has 0 heterocycles. The standard InChI is InChI=1S/C11H12F3NO3/c1-18-8-4-2-3-7(11(12,13)14)9(8)6(5-15)10(16)17/h2-4,6H,5,15H2,1H3,(H,16,17). The maximum absolute atomic E-state index is 12.8. The highest BCUT2D eigenvalue weighted by atomic mass is 19.4. The van der Waals surface area contributed by atoms with Crippen LogP contribution >= 0.6 is 0 Å². The van der Waals surface area contributed by atoms with Gasteiger partial charge in [0, 0.05) is 12.1 Å². The molecule has 0 amide bonds. The molecule has 1 aromatic rings. The Labute approximate surface area is 101 Å². The summed E-state index contributed by atoms with van der Waals surface area (Å²) in [6.07, 6.45) is -4.66. The van der Waals surface area contributed by atoms with Crippen LogP contribution in [0.15, 0.2) is 18.2 Å². The smallest absolute Gasteiger partial charge is 0.416 e. The van der Waals surface area contributed by atoms with Gasteiger partial charge in [-0.1, -0.05) is 6.07 Å². The minimum Gasteiger partial charge on any atom is -0.496 e. The summed E-state index contributed by atoms with van der Waals surface area (Å²) in [5.74, 6) is -3.02. The van der Waals surface area contributed by atoms with E-state index in [2.05, 4.69) is 0 Å². The lowest BCUT2D eigenvalue weighted by Gasteiger charge is -2.20. The maximum Gasteiger partial charge on any atom is 0.416 e. The van der Waals surface area contributed by atoms with Gasteiger partial charge in [-0.05, 0) is 12.1 Å². The van der Waals surface area contributed by atoms with Gasteiger partial charge in [0.25, 0.3) is 0 Å². The third-order valence-corrected chi connectivity index (χ3v) is 2.47. The lowest BCUT2D eigenvalue weighted by Crippen LogP contribution is -2.25. The van der Waals surface area contributed by atoms with Crippen molar-refractivity contribution in [3.63, 3.8) is 0 Å². The number of benzene rings is 1. The number of hydrogen-bond donors (Lipinski definition) is 2. The molecule has 3 N–H and O–H groups in total. The first-order valence-electron chi connectivity index (χ1n) is 4.99. The number of rotatable bonds is 4. The fourth-order valence-corrected chi connectivity index (χ4v) is 1.67. The molecule has 100 valence electrons. The van der Waals surface area contributed by atoms with Gasteiger partial charge in [0.2, 0.25) is 0 Å². The fourth-order valence-electron chi connectivity index (χ4n) is 1.67. The zero-order valence-corrected chi connectivity index (χ0v) is 9.49. The predicted molar refractivity (Wildman–Crippen MR) is 57.4 cm³/mol. The van der Waals surface area contributed by atoms with E-state index in [9.17, 15) is 18.0 Å². The van der Waals surface area contributed by atoms with Crippen LogP contribution in [-0.2, 0) is 11.0 Å². The van der Waals surface area contributed by atoms with E-state index in [1.807, 2.05) is 0 Å². The normalized spacial score (nSPS) is 13.2.